The van der Waals surface area contributed by atoms with Crippen molar-refractivity contribution in [3.8, 4) is 0 Å². The van der Waals surface area contributed by atoms with E-state index < -0.39 is 0 Å². The smallest absolute Gasteiger partial charge is 0.267 e. The van der Waals surface area contributed by atoms with Crippen LogP contribution in [0.2, 0.25) is 10.0 Å². The maximum absolute atomic E-state index is 13.3. The number of allylic oxidation sites excluding steroid dienone is 1. The van der Waals surface area contributed by atoms with E-state index in [1.807, 2.05) is 54.6 Å². The highest BCUT2D eigenvalue weighted by atomic mass is 35.5. The monoisotopic (exact) mass is 490 g/mol. The summed E-state index contributed by atoms with van der Waals surface area (Å²) in [7, 11) is 0. The minimum Gasteiger partial charge on any atom is -0.465 e. The van der Waals surface area contributed by atoms with E-state index in [-0.39, 0.29) is 17.9 Å². The van der Waals surface area contributed by atoms with Crippen LogP contribution >= 0.6 is 23.2 Å². The first-order valence-corrected chi connectivity index (χ1v) is 12.1. The number of halogens is 2. The summed E-state index contributed by atoms with van der Waals surface area (Å²) < 4.78 is 5.35. The molecule has 0 unspecified atom stereocenters. The molecule has 2 heterocycles. The van der Waals surface area contributed by atoms with E-state index in [4.69, 9.17) is 32.7 Å². The molecular formula is C28H24Cl2N2O2. The molecule has 0 N–H and O–H groups in total. The highest BCUT2D eigenvalue weighted by Gasteiger charge is 2.44. The highest BCUT2D eigenvalue weighted by molar-refractivity contribution is 6.30. The van der Waals surface area contributed by atoms with Crippen LogP contribution in [0.1, 0.15) is 42.7 Å². The largest absolute Gasteiger partial charge is 0.465 e. The number of hydrogen-bond donors (Lipinski definition) is 0. The number of furan rings is 1. The first kappa shape index (κ1) is 22.7. The Hall–Kier alpha value is -3.08. The summed E-state index contributed by atoms with van der Waals surface area (Å²) in [5.74, 6) is 1.00. The highest BCUT2D eigenvalue weighted by Crippen LogP contribution is 2.46. The third-order valence-electron chi connectivity index (χ3n) is 6.35. The number of rotatable bonds is 4. The Bertz CT molecular complexity index is 1260. The lowest BCUT2D eigenvalue weighted by Gasteiger charge is -2.32. The van der Waals surface area contributed by atoms with Crippen LogP contribution in [0, 0.1) is 11.8 Å². The predicted molar refractivity (Wildman–Crippen MR) is 138 cm³/mol. The van der Waals surface area contributed by atoms with Gasteiger partial charge in [0, 0.05) is 22.0 Å². The van der Waals surface area contributed by atoms with Gasteiger partial charge in [-0.25, -0.2) is 5.01 Å². The van der Waals surface area contributed by atoms with Gasteiger partial charge in [-0.3, -0.25) is 4.79 Å². The zero-order valence-electron chi connectivity index (χ0n) is 18.7. The molecule has 4 nitrogen and oxygen atoms in total. The van der Waals surface area contributed by atoms with Crippen molar-refractivity contribution >= 4 is 47.0 Å². The number of benzene rings is 2. The van der Waals surface area contributed by atoms with Crippen LogP contribution in [0.15, 0.2) is 88.1 Å². The molecule has 34 heavy (non-hydrogen) atoms. The number of fused-ring (bicyclic) bond motifs is 1. The number of amides is 1. The second-order valence-electron chi connectivity index (χ2n) is 8.89. The molecule has 2 aliphatic rings. The fourth-order valence-corrected chi connectivity index (χ4v) is 5.09. The third kappa shape index (κ3) is 4.75. The molecule has 1 aliphatic carbocycles. The fourth-order valence-electron chi connectivity index (χ4n) is 4.84. The average Bonchev–Trinajstić information content (AvgIpc) is 3.48. The molecule has 1 fully saturated rings. The minimum atomic E-state index is -0.197. The summed E-state index contributed by atoms with van der Waals surface area (Å²) in [5, 5.41) is 7.90. The summed E-state index contributed by atoms with van der Waals surface area (Å²) in [6.45, 7) is 2.26. The molecule has 2 aromatic carbocycles. The molecule has 3 atom stereocenters. The van der Waals surface area contributed by atoms with E-state index in [1.54, 1.807) is 23.4 Å². The second-order valence-corrected chi connectivity index (χ2v) is 9.76. The summed E-state index contributed by atoms with van der Waals surface area (Å²) in [6, 6.07) is 18.9. The number of carbonyl (C=O) groups is 1. The van der Waals surface area contributed by atoms with Crippen LogP contribution in [-0.2, 0) is 4.79 Å². The van der Waals surface area contributed by atoms with Crippen molar-refractivity contribution in [3.63, 3.8) is 0 Å². The lowest BCUT2D eigenvalue weighted by molar-refractivity contribution is -0.128. The molecule has 1 saturated carbocycles. The Morgan fingerprint density at radius 1 is 1.06 bits per heavy atom. The summed E-state index contributed by atoms with van der Waals surface area (Å²) in [4.78, 5) is 13.3. The quantitative estimate of drug-likeness (QED) is 0.352. The summed E-state index contributed by atoms with van der Waals surface area (Å²) in [5.41, 5.74) is 4.23. The molecule has 172 valence electrons. The molecule has 5 rings (SSSR count). The van der Waals surface area contributed by atoms with Gasteiger partial charge in [-0.1, -0.05) is 54.4 Å². The van der Waals surface area contributed by atoms with Gasteiger partial charge in [-0.15, -0.1) is 0 Å². The molecule has 3 aromatic rings. The average molecular weight is 491 g/mol. The van der Waals surface area contributed by atoms with E-state index in [0.717, 1.165) is 35.3 Å². The van der Waals surface area contributed by atoms with Gasteiger partial charge < -0.3 is 4.42 Å². The van der Waals surface area contributed by atoms with E-state index in [0.29, 0.717) is 21.7 Å². The van der Waals surface area contributed by atoms with Crippen molar-refractivity contribution in [2.24, 2.45) is 16.9 Å². The summed E-state index contributed by atoms with van der Waals surface area (Å²) >= 11 is 12.2. The van der Waals surface area contributed by atoms with Crippen molar-refractivity contribution in [2.75, 3.05) is 0 Å². The van der Waals surface area contributed by atoms with Gasteiger partial charge in [0.25, 0.3) is 5.91 Å². The lowest BCUT2D eigenvalue weighted by Crippen LogP contribution is -2.32. The minimum absolute atomic E-state index is 0.101. The molecule has 0 spiro atoms. The predicted octanol–water partition coefficient (Wildman–Crippen LogP) is 7.67. The van der Waals surface area contributed by atoms with Crippen molar-refractivity contribution in [3.05, 3.63) is 106 Å². The van der Waals surface area contributed by atoms with Gasteiger partial charge >= 0.3 is 0 Å². The first-order valence-electron chi connectivity index (χ1n) is 11.3. The number of nitrogens with zero attached hydrogens (tertiary/aromatic N) is 2. The normalized spacial score (nSPS) is 23.4. The van der Waals surface area contributed by atoms with Gasteiger partial charge in [-0.05, 0) is 84.0 Å². The summed E-state index contributed by atoms with van der Waals surface area (Å²) in [6.07, 6.45) is 8.82. The van der Waals surface area contributed by atoms with Crippen molar-refractivity contribution in [2.45, 2.75) is 25.8 Å². The van der Waals surface area contributed by atoms with Crippen molar-refractivity contribution < 1.29 is 9.21 Å². The molecule has 6 heteroatoms. The molecular weight excluding hydrogens is 467 g/mol. The number of hydrazone groups is 1. The topological polar surface area (TPSA) is 45.8 Å². The van der Waals surface area contributed by atoms with Crippen LogP contribution in [0.25, 0.3) is 12.2 Å². The van der Waals surface area contributed by atoms with Gasteiger partial charge in [0.15, 0.2) is 0 Å². The maximum Gasteiger partial charge on any atom is 0.267 e. The van der Waals surface area contributed by atoms with E-state index >= 15 is 0 Å². The Balaban J connectivity index is 1.54. The van der Waals surface area contributed by atoms with Crippen molar-refractivity contribution in [1.82, 2.24) is 5.01 Å². The van der Waals surface area contributed by atoms with E-state index in [9.17, 15) is 4.79 Å². The molecule has 0 saturated heterocycles. The lowest BCUT2D eigenvalue weighted by atomic mass is 9.73. The molecule has 1 amide bonds. The SMILES string of the molecule is C[C@@H]1C/C(=C\c2ccc(Cl)cc2)C2=NN(C(=O)/C=C/c3ccco3)[C@H](c3ccc(Cl)cc3)[C@H]2C1. The Kier molecular flexibility index (Phi) is 6.44. The molecule has 1 aliphatic heterocycles. The van der Waals surface area contributed by atoms with Crippen LogP contribution in [0.4, 0.5) is 0 Å². The van der Waals surface area contributed by atoms with Gasteiger partial charge in [0.05, 0.1) is 18.0 Å². The molecule has 1 aromatic heterocycles. The van der Waals surface area contributed by atoms with Gasteiger partial charge in [0.2, 0.25) is 0 Å². The van der Waals surface area contributed by atoms with E-state index in [1.165, 1.54) is 6.08 Å². The van der Waals surface area contributed by atoms with Gasteiger partial charge in [-0.2, -0.15) is 5.10 Å². The van der Waals surface area contributed by atoms with Crippen LogP contribution in [0.3, 0.4) is 0 Å². The van der Waals surface area contributed by atoms with E-state index in [2.05, 4.69) is 13.0 Å². The van der Waals surface area contributed by atoms with Crippen LogP contribution in [-0.4, -0.2) is 16.6 Å². The number of hydrogen-bond acceptors (Lipinski definition) is 3. The maximum atomic E-state index is 13.3. The van der Waals surface area contributed by atoms with Crippen LogP contribution < -0.4 is 0 Å². The molecule has 0 radical (unpaired) electrons. The second kappa shape index (κ2) is 9.65. The Morgan fingerprint density at radius 3 is 2.44 bits per heavy atom. The van der Waals surface area contributed by atoms with Crippen LogP contribution in [0.5, 0.6) is 0 Å². The Morgan fingerprint density at radius 2 is 1.76 bits per heavy atom. The van der Waals surface area contributed by atoms with Gasteiger partial charge in [0.1, 0.15) is 5.76 Å². The molecule has 0 bridgehead atoms. The number of carbonyl (C=O) groups excluding carboxylic acids is 1. The third-order valence-corrected chi connectivity index (χ3v) is 6.85. The Labute approximate surface area is 209 Å². The van der Waals surface area contributed by atoms with Crippen molar-refractivity contribution in [1.29, 1.82) is 0 Å². The fraction of sp³-hybridized carbons (Fsp3) is 0.214. The standard InChI is InChI=1S/C28H24Cl2N2O2/c1-18-15-21(17-19-4-8-22(29)9-5-19)27-25(16-18)28(20-6-10-23(30)11-7-20)32(31-27)26(33)13-12-24-3-2-14-34-24/h2-14,17-18,25,28H,15-16H2,1H3/b13-12+,21-17+/t18-,25+,28-/m1/s1. The zero-order valence-corrected chi connectivity index (χ0v) is 20.2. The first-order chi connectivity index (χ1) is 16.5. The zero-order chi connectivity index (χ0) is 23.7.